The van der Waals surface area contributed by atoms with Gasteiger partial charge in [-0.15, -0.1) is 0 Å². The normalized spacial score (nSPS) is 10.6. The van der Waals surface area contributed by atoms with Crippen molar-refractivity contribution in [3.05, 3.63) is 48.0 Å². The van der Waals surface area contributed by atoms with Gasteiger partial charge in [-0.25, -0.2) is 4.39 Å². The molecule has 3 nitrogen and oxygen atoms in total. The van der Waals surface area contributed by atoms with E-state index in [1.54, 1.807) is 30.3 Å². The standard InChI is InChI=1S/C18H22FNO2/c1-2-3-6-13-20-18(21)12-10-14-9-11-17(22-14)15-7-4-5-8-16(15)19/h4-5,7-9,11H,2-3,6,10,12-13H2,1H3,(H,20,21). The Morgan fingerprint density at radius 3 is 2.77 bits per heavy atom. The number of nitrogens with one attached hydrogen (secondary N) is 1. The molecule has 1 N–H and O–H groups in total. The van der Waals surface area contributed by atoms with E-state index in [0.29, 0.717) is 29.9 Å². The number of unbranched alkanes of at least 4 members (excludes halogenated alkanes) is 2. The van der Waals surface area contributed by atoms with Crippen molar-refractivity contribution >= 4 is 5.91 Å². The molecule has 0 spiro atoms. The molecule has 2 aromatic rings. The van der Waals surface area contributed by atoms with Crippen molar-refractivity contribution in [3.63, 3.8) is 0 Å². The van der Waals surface area contributed by atoms with Crippen molar-refractivity contribution < 1.29 is 13.6 Å². The first kappa shape index (κ1) is 16.3. The molecule has 118 valence electrons. The summed E-state index contributed by atoms with van der Waals surface area (Å²) in [6.45, 7) is 2.86. The lowest BCUT2D eigenvalue weighted by Crippen LogP contribution is -2.24. The van der Waals surface area contributed by atoms with Crippen LogP contribution in [0.2, 0.25) is 0 Å². The molecule has 0 unspecified atom stereocenters. The molecule has 22 heavy (non-hydrogen) atoms. The fraction of sp³-hybridized carbons (Fsp3) is 0.389. The zero-order valence-corrected chi connectivity index (χ0v) is 12.9. The van der Waals surface area contributed by atoms with E-state index in [4.69, 9.17) is 4.42 Å². The van der Waals surface area contributed by atoms with E-state index < -0.39 is 0 Å². The van der Waals surface area contributed by atoms with Crippen LogP contribution in [0, 0.1) is 5.82 Å². The van der Waals surface area contributed by atoms with Gasteiger partial charge in [0, 0.05) is 19.4 Å². The third-order valence-corrected chi connectivity index (χ3v) is 3.50. The molecular formula is C18H22FNO2. The van der Waals surface area contributed by atoms with Gasteiger partial charge in [-0.1, -0.05) is 31.9 Å². The maximum absolute atomic E-state index is 13.7. The molecule has 1 amide bonds. The third kappa shape index (κ3) is 4.72. The maximum Gasteiger partial charge on any atom is 0.220 e. The number of hydrogen-bond donors (Lipinski definition) is 1. The highest BCUT2D eigenvalue weighted by Gasteiger charge is 2.10. The van der Waals surface area contributed by atoms with Gasteiger partial charge in [0.15, 0.2) is 0 Å². The van der Waals surface area contributed by atoms with Crippen LogP contribution in [0.5, 0.6) is 0 Å². The van der Waals surface area contributed by atoms with Gasteiger partial charge in [0.25, 0.3) is 0 Å². The minimum absolute atomic E-state index is 0.0277. The van der Waals surface area contributed by atoms with Crippen molar-refractivity contribution in [2.45, 2.75) is 39.0 Å². The first-order chi connectivity index (χ1) is 10.7. The summed E-state index contributed by atoms with van der Waals surface area (Å²) >= 11 is 0. The van der Waals surface area contributed by atoms with Crippen molar-refractivity contribution in [1.29, 1.82) is 0 Å². The molecule has 2 rings (SSSR count). The Bertz CT molecular complexity index is 607. The summed E-state index contributed by atoms with van der Waals surface area (Å²) in [4.78, 5) is 11.7. The Hall–Kier alpha value is -2.10. The minimum atomic E-state index is -0.308. The molecule has 0 aliphatic heterocycles. The molecule has 0 saturated carbocycles. The molecule has 0 aliphatic carbocycles. The lowest BCUT2D eigenvalue weighted by Gasteiger charge is -2.03. The largest absolute Gasteiger partial charge is 0.461 e. The second-order valence-corrected chi connectivity index (χ2v) is 5.30. The quantitative estimate of drug-likeness (QED) is 0.738. The topological polar surface area (TPSA) is 42.2 Å². The molecule has 0 fully saturated rings. The Balaban J connectivity index is 1.83. The molecule has 1 aromatic heterocycles. The number of hydrogen-bond acceptors (Lipinski definition) is 2. The lowest BCUT2D eigenvalue weighted by atomic mass is 10.1. The third-order valence-electron chi connectivity index (χ3n) is 3.50. The summed E-state index contributed by atoms with van der Waals surface area (Å²) < 4.78 is 19.3. The van der Waals surface area contributed by atoms with Crippen molar-refractivity contribution in [2.75, 3.05) is 6.54 Å². The number of aryl methyl sites for hydroxylation is 1. The van der Waals surface area contributed by atoms with Crippen LogP contribution in [-0.2, 0) is 11.2 Å². The van der Waals surface area contributed by atoms with Crippen LogP contribution < -0.4 is 5.32 Å². The Morgan fingerprint density at radius 1 is 1.18 bits per heavy atom. The molecule has 1 heterocycles. The van der Waals surface area contributed by atoms with Gasteiger partial charge >= 0.3 is 0 Å². The van der Waals surface area contributed by atoms with Gasteiger partial charge in [-0.05, 0) is 30.7 Å². The highest BCUT2D eigenvalue weighted by molar-refractivity contribution is 5.76. The van der Waals surface area contributed by atoms with Crippen LogP contribution >= 0.6 is 0 Å². The van der Waals surface area contributed by atoms with Gasteiger partial charge in [-0.2, -0.15) is 0 Å². The number of carbonyl (C=O) groups is 1. The summed E-state index contributed by atoms with van der Waals surface area (Å²) in [5.41, 5.74) is 0.442. The summed E-state index contributed by atoms with van der Waals surface area (Å²) in [6, 6.07) is 10.0. The van der Waals surface area contributed by atoms with Crippen molar-refractivity contribution in [1.82, 2.24) is 5.32 Å². The smallest absolute Gasteiger partial charge is 0.220 e. The first-order valence-electron chi connectivity index (χ1n) is 7.81. The molecular weight excluding hydrogens is 281 g/mol. The number of furan rings is 1. The van der Waals surface area contributed by atoms with Crippen LogP contribution in [-0.4, -0.2) is 12.5 Å². The van der Waals surface area contributed by atoms with E-state index in [0.717, 1.165) is 25.8 Å². The molecule has 4 heteroatoms. The van der Waals surface area contributed by atoms with E-state index in [2.05, 4.69) is 12.2 Å². The van der Waals surface area contributed by atoms with E-state index in [1.807, 2.05) is 0 Å². The predicted octanol–water partition coefficient (Wildman–Crippen LogP) is 4.32. The van der Waals surface area contributed by atoms with Gasteiger partial charge < -0.3 is 9.73 Å². The number of amides is 1. The molecule has 0 atom stereocenters. The Morgan fingerprint density at radius 2 is 2.00 bits per heavy atom. The summed E-state index contributed by atoms with van der Waals surface area (Å²) in [5.74, 6) is 0.912. The highest BCUT2D eigenvalue weighted by atomic mass is 19.1. The second-order valence-electron chi connectivity index (χ2n) is 5.30. The van der Waals surface area contributed by atoms with Crippen LogP contribution in [0.1, 0.15) is 38.4 Å². The van der Waals surface area contributed by atoms with Crippen LogP contribution in [0.15, 0.2) is 40.8 Å². The fourth-order valence-electron chi connectivity index (χ4n) is 2.25. The number of benzene rings is 1. The molecule has 0 aliphatic rings. The first-order valence-corrected chi connectivity index (χ1v) is 7.81. The van der Waals surface area contributed by atoms with Crippen molar-refractivity contribution in [2.24, 2.45) is 0 Å². The average molecular weight is 303 g/mol. The van der Waals surface area contributed by atoms with Gasteiger partial charge in [-0.3, -0.25) is 4.79 Å². The van der Waals surface area contributed by atoms with E-state index >= 15 is 0 Å². The van der Waals surface area contributed by atoms with Crippen LogP contribution in [0.3, 0.4) is 0 Å². The van der Waals surface area contributed by atoms with E-state index in [-0.39, 0.29) is 11.7 Å². The maximum atomic E-state index is 13.7. The van der Waals surface area contributed by atoms with Gasteiger partial charge in [0.1, 0.15) is 17.3 Å². The molecule has 0 bridgehead atoms. The van der Waals surface area contributed by atoms with Crippen LogP contribution in [0.25, 0.3) is 11.3 Å². The molecule has 0 radical (unpaired) electrons. The minimum Gasteiger partial charge on any atom is -0.461 e. The second kappa shape index (κ2) is 8.37. The lowest BCUT2D eigenvalue weighted by molar-refractivity contribution is -0.121. The van der Waals surface area contributed by atoms with Crippen LogP contribution in [0.4, 0.5) is 4.39 Å². The molecule has 1 aromatic carbocycles. The van der Waals surface area contributed by atoms with Gasteiger partial charge in [0.2, 0.25) is 5.91 Å². The zero-order valence-electron chi connectivity index (χ0n) is 12.9. The van der Waals surface area contributed by atoms with E-state index in [9.17, 15) is 9.18 Å². The fourth-order valence-corrected chi connectivity index (χ4v) is 2.25. The van der Waals surface area contributed by atoms with E-state index in [1.165, 1.54) is 6.07 Å². The summed E-state index contributed by atoms with van der Waals surface area (Å²) in [7, 11) is 0. The molecule has 0 saturated heterocycles. The Kier molecular flexibility index (Phi) is 6.19. The summed E-state index contributed by atoms with van der Waals surface area (Å²) in [5, 5.41) is 2.89. The predicted molar refractivity (Wildman–Crippen MR) is 85.0 cm³/mol. The number of halogens is 1. The average Bonchev–Trinajstić information content (AvgIpc) is 2.99. The Labute approximate surface area is 130 Å². The SMILES string of the molecule is CCCCCNC(=O)CCc1ccc(-c2ccccc2F)o1. The van der Waals surface area contributed by atoms with Gasteiger partial charge in [0.05, 0.1) is 5.56 Å². The summed E-state index contributed by atoms with van der Waals surface area (Å²) in [6.07, 6.45) is 4.19. The van der Waals surface area contributed by atoms with Crippen molar-refractivity contribution in [3.8, 4) is 11.3 Å². The number of rotatable bonds is 8. The monoisotopic (exact) mass is 303 g/mol. The highest BCUT2D eigenvalue weighted by Crippen LogP contribution is 2.25. The number of carbonyl (C=O) groups excluding carboxylic acids is 1. The zero-order chi connectivity index (χ0) is 15.8.